The molecule has 0 spiro atoms. The van der Waals surface area contributed by atoms with Gasteiger partial charge in [0.05, 0.1) is 18.8 Å². The molecule has 4 saturated carbocycles. The highest BCUT2D eigenvalue weighted by molar-refractivity contribution is 5.80. The Labute approximate surface area is 268 Å². The van der Waals surface area contributed by atoms with Crippen LogP contribution in [0.2, 0.25) is 0 Å². The molecule has 1 saturated heterocycles. The van der Waals surface area contributed by atoms with Crippen LogP contribution in [0.5, 0.6) is 0 Å². The van der Waals surface area contributed by atoms with E-state index in [0.29, 0.717) is 31.1 Å². The van der Waals surface area contributed by atoms with Crippen LogP contribution in [0.1, 0.15) is 99.8 Å². The molecule has 6 N–H and O–H groups in total. The van der Waals surface area contributed by atoms with E-state index in [1.54, 1.807) is 0 Å². The second-order valence-electron chi connectivity index (χ2n) is 17.4. The largest absolute Gasteiger partial charge is 0.432 e. The zero-order valence-electron chi connectivity index (χ0n) is 28.3. The summed E-state index contributed by atoms with van der Waals surface area (Å²) >= 11 is 0. The van der Waals surface area contributed by atoms with Gasteiger partial charge in [-0.2, -0.15) is 0 Å². The van der Waals surface area contributed by atoms with Gasteiger partial charge < -0.3 is 40.1 Å². The minimum absolute atomic E-state index is 0.0284. The van der Waals surface area contributed by atoms with Gasteiger partial charge in [0.15, 0.2) is 0 Å². The number of rotatable bonds is 3. The fourth-order valence-electron chi connectivity index (χ4n) is 12.3. The standard InChI is InChI=1S/C36H58O9/c1-18-16-25(39)36(31(43)45-30-29(42)28(41)27(40)21(17-37)44-30)15-14-34(6)20(26(36)19(18)2)8-9-23-33(5)12-11-24(38)32(3,4)22(33)10-13-35(23,34)7/h8,18-19,21-30,37-42H,9-17H2,1-7H3. The zero-order chi connectivity index (χ0) is 33.1. The molecule has 256 valence electrons. The van der Waals surface area contributed by atoms with Crippen molar-refractivity contribution in [2.75, 3.05) is 6.61 Å². The van der Waals surface area contributed by atoms with Crippen LogP contribution >= 0.6 is 0 Å². The number of allylic oxidation sites excluding steroid dienone is 2. The maximum absolute atomic E-state index is 14.5. The molecule has 5 aliphatic carbocycles. The maximum atomic E-state index is 14.5. The van der Waals surface area contributed by atoms with E-state index in [1.807, 2.05) is 0 Å². The third-order valence-electron chi connectivity index (χ3n) is 15.5. The van der Waals surface area contributed by atoms with Gasteiger partial charge in [-0.05, 0) is 96.7 Å². The Bertz CT molecular complexity index is 1200. The van der Waals surface area contributed by atoms with Crippen molar-refractivity contribution in [3.8, 4) is 0 Å². The average Bonchev–Trinajstić information content (AvgIpc) is 2.98. The van der Waals surface area contributed by atoms with Crippen molar-refractivity contribution in [3.05, 3.63) is 11.6 Å². The second kappa shape index (κ2) is 11.0. The number of esters is 1. The quantitative estimate of drug-likeness (QED) is 0.203. The van der Waals surface area contributed by atoms with Crippen molar-refractivity contribution >= 4 is 5.97 Å². The summed E-state index contributed by atoms with van der Waals surface area (Å²) in [6.45, 7) is 15.5. The van der Waals surface area contributed by atoms with E-state index < -0.39 is 54.8 Å². The summed E-state index contributed by atoms with van der Waals surface area (Å²) in [5.41, 5.74) is -0.299. The van der Waals surface area contributed by atoms with Crippen LogP contribution < -0.4 is 0 Å². The van der Waals surface area contributed by atoms with Crippen LogP contribution in [-0.4, -0.2) is 86.1 Å². The molecule has 9 heteroatoms. The lowest BCUT2D eigenvalue weighted by Gasteiger charge is -2.71. The molecular weight excluding hydrogens is 576 g/mol. The van der Waals surface area contributed by atoms with Gasteiger partial charge in [0.2, 0.25) is 6.29 Å². The van der Waals surface area contributed by atoms with E-state index >= 15 is 0 Å². The van der Waals surface area contributed by atoms with Crippen LogP contribution in [0.4, 0.5) is 0 Å². The fraction of sp³-hybridized carbons (Fsp3) is 0.917. The van der Waals surface area contributed by atoms with Crippen LogP contribution in [-0.2, 0) is 14.3 Å². The number of ether oxygens (including phenoxy) is 2. The highest BCUT2D eigenvalue weighted by Gasteiger charge is 2.71. The van der Waals surface area contributed by atoms with E-state index in [4.69, 9.17) is 9.47 Å². The number of aliphatic hydroxyl groups excluding tert-OH is 6. The Balaban J connectivity index is 1.39. The molecule has 1 aliphatic heterocycles. The number of fused-ring (bicyclic) bond motifs is 7. The highest BCUT2D eigenvalue weighted by atomic mass is 16.7. The summed E-state index contributed by atoms with van der Waals surface area (Å²) < 4.78 is 11.5. The molecule has 0 aromatic rings. The molecule has 45 heavy (non-hydrogen) atoms. The van der Waals surface area contributed by atoms with E-state index in [-0.39, 0.29) is 45.5 Å². The van der Waals surface area contributed by atoms with Gasteiger partial charge in [-0.25, -0.2) is 0 Å². The number of carbonyl (C=O) groups is 1. The van der Waals surface area contributed by atoms with Crippen LogP contribution in [0, 0.1) is 56.7 Å². The molecule has 6 rings (SSSR count). The van der Waals surface area contributed by atoms with Crippen LogP contribution in [0.3, 0.4) is 0 Å². The number of hydrogen-bond donors (Lipinski definition) is 6. The lowest BCUT2D eigenvalue weighted by Crippen LogP contribution is -2.67. The molecule has 9 nitrogen and oxygen atoms in total. The van der Waals surface area contributed by atoms with Gasteiger partial charge in [0.1, 0.15) is 29.8 Å². The summed E-state index contributed by atoms with van der Waals surface area (Å²) in [6.07, 6.45) is -0.151. The van der Waals surface area contributed by atoms with E-state index in [1.165, 1.54) is 5.57 Å². The molecule has 16 unspecified atom stereocenters. The highest BCUT2D eigenvalue weighted by Crippen LogP contribution is 2.75. The normalized spacial score (nSPS) is 55.7. The first-order chi connectivity index (χ1) is 20.9. The van der Waals surface area contributed by atoms with Gasteiger partial charge in [-0.15, -0.1) is 0 Å². The topological polar surface area (TPSA) is 157 Å². The summed E-state index contributed by atoms with van der Waals surface area (Å²) in [5.74, 6) is 0.173. The Morgan fingerprint density at radius 3 is 2.24 bits per heavy atom. The van der Waals surface area contributed by atoms with Crippen molar-refractivity contribution < 1.29 is 44.9 Å². The molecule has 0 aromatic carbocycles. The predicted molar refractivity (Wildman–Crippen MR) is 166 cm³/mol. The minimum Gasteiger partial charge on any atom is -0.432 e. The first kappa shape index (κ1) is 33.8. The zero-order valence-corrected chi connectivity index (χ0v) is 28.3. The molecule has 16 atom stereocenters. The van der Waals surface area contributed by atoms with Gasteiger partial charge in [-0.1, -0.05) is 60.1 Å². The summed E-state index contributed by atoms with van der Waals surface area (Å²) in [4.78, 5) is 14.5. The van der Waals surface area contributed by atoms with Gasteiger partial charge in [-0.3, -0.25) is 4.79 Å². The third kappa shape index (κ3) is 4.39. The number of aliphatic hydroxyl groups is 6. The van der Waals surface area contributed by atoms with Crippen molar-refractivity contribution in [2.24, 2.45) is 56.7 Å². The second-order valence-corrected chi connectivity index (χ2v) is 17.4. The molecule has 6 aliphatic rings. The molecule has 0 bridgehead atoms. The van der Waals surface area contributed by atoms with E-state index in [0.717, 1.165) is 32.1 Å². The van der Waals surface area contributed by atoms with Gasteiger partial charge >= 0.3 is 5.97 Å². The van der Waals surface area contributed by atoms with Crippen LogP contribution in [0.25, 0.3) is 0 Å². The van der Waals surface area contributed by atoms with Crippen molar-refractivity contribution in [1.82, 2.24) is 0 Å². The summed E-state index contributed by atoms with van der Waals surface area (Å²) in [7, 11) is 0. The smallest absolute Gasteiger partial charge is 0.317 e. The lowest BCUT2D eigenvalue weighted by atomic mass is 9.33. The minimum atomic E-state index is -1.70. The van der Waals surface area contributed by atoms with Crippen molar-refractivity contribution in [1.29, 1.82) is 0 Å². The fourth-order valence-corrected chi connectivity index (χ4v) is 12.3. The van der Waals surface area contributed by atoms with E-state index in [9.17, 15) is 35.4 Å². The predicted octanol–water partition coefficient (Wildman–Crippen LogP) is 3.32. The average molecular weight is 635 g/mol. The molecule has 0 radical (unpaired) electrons. The van der Waals surface area contributed by atoms with Gasteiger partial charge in [0, 0.05) is 5.92 Å². The Morgan fingerprint density at radius 1 is 0.889 bits per heavy atom. The Hall–Kier alpha value is -1.07. The molecule has 1 heterocycles. The van der Waals surface area contributed by atoms with Gasteiger partial charge in [0.25, 0.3) is 0 Å². The summed E-state index contributed by atoms with van der Waals surface area (Å²) in [5, 5.41) is 63.9. The third-order valence-corrected chi connectivity index (χ3v) is 15.5. The van der Waals surface area contributed by atoms with Crippen LogP contribution in [0.15, 0.2) is 11.6 Å². The first-order valence-electron chi connectivity index (χ1n) is 17.5. The lowest BCUT2D eigenvalue weighted by molar-refractivity contribution is -0.300. The first-order valence-corrected chi connectivity index (χ1v) is 17.5. The molecule has 0 aromatic heterocycles. The molecular formula is C36H58O9. The monoisotopic (exact) mass is 634 g/mol. The molecule has 5 fully saturated rings. The van der Waals surface area contributed by atoms with E-state index in [2.05, 4.69) is 54.5 Å². The number of hydrogen-bond acceptors (Lipinski definition) is 9. The van der Waals surface area contributed by atoms with Crippen molar-refractivity contribution in [3.63, 3.8) is 0 Å². The molecule has 0 amide bonds. The maximum Gasteiger partial charge on any atom is 0.317 e. The summed E-state index contributed by atoms with van der Waals surface area (Å²) in [6, 6.07) is 0. The Kier molecular flexibility index (Phi) is 8.25. The SMILES string of the molecule is CC1CC(O)C2(C(=O)OC3OC(CO)C(O)C(O)C3O)CCC3(C)C(=CCC4C5(C)CCC(O)C(C)(C)C5CCC43C)C2C1C. The van der Waals surface area contributed by atoms with Crippen molar-refractivity contribution in [2.45, 2.75) is 143 Å². The number of carbonyl (C=O) groups excluding carboxylic acids is 1. The Morgan fingerprint density at radius 2 is 1.58 bits per heavy atom.